The van der Waals surface area contributed by atoms with E-state index >= 15 is 0 Å². The molecule has 0 saturated carbocycles. The molecule has 0 amide bonds. The molecule has 3 aromatic heterocycles. The number of aromatic nitrogens is 4. The van der Waals surface area contributed by atoms with Gasteiger partial charge in [-0.05, 0) is 35.9 Å². The minimum Gasteiger partial charge on any atom is -0.353 e. The minimum absolute atomic E-state index is 0.869. The first-order valence-electron chi connectivity index (χ1n) is 10.1. The van der Waals surface area contributed by atoms with Crippen molar-refractivity contribution in [1.82, 2.24) is 20.2 Å². The molecular formula is C24H22N6. The zero-order chi connectivity index (χ0) is 20.2. The fraction of sp³-hybridized carbons (Fsp3) is 0.167. The molecule has 1 aromatic carbocycles. The van der Waals surface area contributed by atoms with Gasteiger partial charge in [0.2, 0.25) is 0 Å². The smallest absolute Gasteiger partial charge is 0.159 e. The molecule has 1 fully saturated rings. The van der Waals surface area contributed by atoms with E-state index in [1.807, 2.05) is 61.1 Å². The average Bonchev–Trinajstić information content (AvgIpc) is 2.85. The van der Waals surface area contributed by atoms with Gasteiger partial charge in [-0.2, -0.15) is 0 Å². The molecule has 148 valence electrons. The van der Waals surface area contributed by atoms with Crippen LogP contribution in [-0.2, 0) is 0 Å². The Kier molecular flexibility index (Phi) is 5.04. The van der Waals surface area contributed by atoms with Crippen LogP contribution in [-0.4, -0.2) is 46.3 Å². The summed E-state index contributed by atoms with van der Waals surface area (Å²) >= 11 is 0. The van der Waals surface area contributed by atoms with Gasteiger partial charge in [-0.25, -0.2) is 4.98 Å². The first kappa shape index (κ1) is 18.2. The number of hydrogen-bond acceptors (Lipinski definition) is 6. The van der Waals surface area contributed by atoms with Crippen LogP contribution in [0.3, 0.4) is 0 Å². The Morgan fingerprint density at radius 2 is 1.37 bits per heavy atom. The van der Waals surface area contributed by atoms with Crippen molar-refractivity contribution in [2.75, 3.05) is 36.0 Å². The molecule has 6 heteroatoms. The number of pyridine rings is 2. The maximum atomic E-state index is 4.67. The molecule has 0 aliphatic carbocycles. The van der Waals surface area contributed by atoms with E-state index in [-0.39, 0.29) is 0 Å². The van der Waals surface area contributed by atoms with Crippen LogP contribution < -0.4 is 9.80 Å². The normalized spacial score (nSPS) is 14.0. The number of anilines is 2. The molecule has 6 nitrogen and oxygen atoms in total. The van der Waals surface area contributed by atoms with Gasteiger partial charge in [-0.15, -0.1) is 10.2 Å². The van der Waals surface area contributed by atoms with Gasteiger partial charge in [0.15, 0.2) is 5.82 Å². The van der Waals surface area contributed by atoms with Gasteiger partial charge in [0.25, 0.3) is 0 Å². The van der Waals surface area contributed by atoms with Gasteiger partial charge in [-0.3, -0.25) is 4.98 Å². The minimum atomic E-state index is 0.869. The zero-order valence-corrected chi connectivity index (χ0v) is 16.6. The molecule has 30 heavy (non-hydrogen) atoms. The van der Waals surface area contributed by atoms with E-state index < -0.39 is 0 Å². The lowest BCUT2D eigenvalue weighted by Crippen LogP contribution is -2.47. The quantitative estimate of drug-likeness (QED) is 0.523. The van der Waals surface area contributed by atoms with Crippen molar-refractivity contribution < 1.29 is 0 Å². The highest BCUT2D eigenvalue weighted by atomic mass is 15.3. The second-order valence-electron chi connectivity index (χ2n) is 7.23. The van der Waals surface area contributed by atoms with Crippen LogP contribution in [0.15, 0.2) is 85.3 Å². The highest BCUT2D eigenvalue weighted by molar-refractivity contribution is 5.79. The number of hydrogen-bond donors (Lipinski definition) is 0. The predicted octanol–water partition coefficient (Wildman–Crippen LogP) is 3.93. The van der Waals surface area contributed by atoms with Crippen molar-refractivity contribution in [2.24, 2.45) is 0 Å². The molecule has 1 aliphatic rings. The molecule has 1 saturated heterocycles. The second-order valence-corrected chi connectivity index (χ2v) is 7.23. The van der Waals surface area contributed by atoms with Crippen molar-refractivity contribution in [3.05, 3.63) is 85.3 Å². The fourth-order valence-electron chi connectivity index (χ4n) is 3.80. The first-order valence-corrected chi connectivity index (χ1v) is 10.1. The molecule has 4 heterocycles. The highest BCUT2D eigenvalue weighted by Gasteiger charge is 2.22. The SMILES string of the molecule is c1ccc(-c2cc(-c3ccncc3)c(N3CCN(c4ccccn4)CC3)nn2)cc1. The third-order valence-corrected chi connectivity index (χ3v) is 5.39. The summed E-state index contributed by atoms with van der Waals surface area (Å²) in [4.78, 5) is 13.3. The van der Waals surface area contributed by atoms with Crippen molar-refractivity contribution in [3.8, 4) is 22.4 Å². The van der Waals surface area contributed by atoms with E-state index in [0.29, 0.717) is 0 Å². The predicted molar refractivity (Wildman–Crippen MR) is 119 cm³/mol. The second kappa shape index (κ2) is 8.29. The number of rotatable bonds is 4. The molecular weight excluding hydrogens is 372 g/mol. The third kappa shape index (κ3) is 3.72. The molecule has 0 bridgehead atoms. The Morgan fingerprint density at radius 3 is 2.10 bits per heavy atom. The Balaban J connectivity index is 1.46. The van der Waals surface area contributed by atoms with Crippen LogP contribution in [0, 0.1) is 0 Å². The molecule has 1 aliphatic heterocycles. The van der Waals surface area contributed by atoms with Gasteiger partial charge in [0.1, 0.15) is 5.82 Å². The topological polar surface area (TPSA) is 58.0 Å². The molecule has 4 aromatic rings. The van der Waals surface area contributed by atoms with Crippen molar-refractivity contribution >= 4 is 11.6 Å². The van der Waals surface area contributed by atoms with Gasteiger partial charge in [0.05, 0.1) is 5.69 Å². The first-order chi connectivity index (χ1) is 14.9. The van der Waals surface area contributed by atoms with Crippen molar-refractivity contribution in [1.29, 1.82) is 0 Å². The average molecular weight is 394 g/mol. The van der Waals surface area contributed by atoms with Gasteiger partial charge in [0, 0.05) is 55.9 Å². The van der Waals surface area contributed by atoms with Gasteiger partial charge in [-0.1, -0.05) is 36.4 Å². The van der Waals surface area contributed by atoms with Crippen LogP contribution in [0.2, 0.25) is 0 Å². The van der Waals surface area contributed by atoms with Crippen molar-refractivity contribution in [2.45, 2.75) is 0 Å². The van der Waals surface area contributed by atoms with Crippen LogP contribution in [0.25, 0.3) is 22.4 Å². The van der Waals surface area contributed by atoms with E-state index in [1.165, 1.54) is 0 Å². The molecule has 0 radical (unpaired) electrons. The standard InChI is InChI=1S/C24H22N6/c1-2-6-20(7-3-1)22-18-21(19-9-12-25-13-10-19)24(28-27-22)30-16-14-29(15-17-30)23-8-4-5-11-26-23/h1-13,18H,14-17H2. The molecule has 0 N–H and O–H groups in total. The Morgan fingerprint density at radius 1 is 0.633 bits per heavy atom. The summed E-state index contributed by atoms with van der Waals surface area (Å²) in [6.07, 6.45) is 5.48. The third-order valence-electron chi connectivity index (χ3n) is 5.39. The summed E-state index contributed by atoms with van der Waals surface area (Å²) in [6, 6.07) is 22.4. The highest BCUT2D eigenvalue weighted by Crippen LogP contribution is 2.32. The van der Waals surface area contributed by atoms with E-state index in [4.69, 9.17) is 0 Å². The summed E-state index contributed by atoms with van der Waals surface area (Å²) in [6.45, 7) is 3.53. The summed E-state index contributed by atoms with van der Waals surface area (Å²) in [5.41, 5.74) is 4.11. The molecule has 0 spiro atoms. The summed E-state index contributed by atoms with van der Waals surface area (Å²) in [7, 11) is 0. The van der Waals surface area contributed by atoms with Crippen LogP contribution in [0.4, 0.5) is 11.6 Å². The Labute approximate surface area is 175 Å². The molecule has 0 unspecified atom stereocenters. The van der Waals surface area contributed by atoms with Crippen LogP contribution in [0.1, 0.15) is 0 Å². The van der Waals surface area contributed by atoms with Gasteiger partial charge < -0.3 is 9.80 Å². The van der Waals surface area contributed by atoms with E-state index in [0.717, 1.165) is 60.2 Å². The number of piperazine rings is 1. The fourth-order valence-corrected chi connectivity index (χ4v) is 3.80. The lowest BCUT2D eigenvalue weighted by atomic mass is 10.0. The molecule has 5 rings (SSSR count). The summed E-state index contributed by atoms with van der Waals surface area (Å²) < 4.78 is 0. The molecule has 0 atom stereocenters. The van der Waals surface area contributed by atoms with E-state index in [2.05, 4.69) is 54.2 Å². The summed E-state index contributed by atoms with van der Waals surface area (Å²) in [5, 5.41) is 9.23. The van der Waals surface area contributed by atoms with Crippen LogP contribution >= 0.6 is 0 Å². The summed E-state index contributed by atoms with van der Waals surface area (Å²) in [5.74, 6) is 1.94. The van der Waals surface area contributed by atoms with E-state index in [1.54, 1.807) is 0 Å². The van der Waals surface area contributed by atoms with Gasteiger partial charge >= 0.3 is 0 Å². The largest absolute Gasteiger partial charge is 0.353 e. The maximum absolute atomic E-state index is 4.67. The van der Waals surface area contributed by atoms with Crippen LogP contribution in [0.5, 0.6) is 0 Å². The lowest BCUT2D eigenvalue weighted by Gasteiger charge is -2.36. The Hall–Kier alpha value is -3.80. The van der Waals surface area contributed by atoms with Crippen molar-refractivity contribution in [3.63, 3.8) is 0 Å². The monoisotopic (exact) mass is 394 g/mol. The number of nitrogens with zero attached hydrogens (tertiary/aromatic N) is 6. The Bertz CT molecular complexity index is 1090. The maximum Gasteiger partial charge on any atom is 0.159 e. The number of benzene rings is 1. The lowest BCUT2D eigenvalue weighted by molar-refractivity contribution is 0.639. The zero-order valence-electron chi connectivity index (χ0n) is 16.6. The van der Waals surface area contributed by atoms with E-state index in [9.17, 15) is 0 Å².